The number of ether oxygens (including phenoxy) is 1. The molecule has 0 aromatic heterocycles. The Bertz CT molecular complexity index is 1050. The molecule has 0 spiro atoms. The molecule has 3 rings (SSSR count). The van der Waals surface area contributed by atoms with Crippen molar-refractivity contribution in [1.82, 2.24) is 10.2 Å². The molecule has 2 atom stereocenters. The van der Waals surface area contributed by atoms with E-state index in [0.29, 0.717) is 6.54 Å². The van der Waals surface area contributed by atoms with Gasteiger partial charge in [0.25, 0.3) is 0 Å². The number of amides is 2. The first kappa shape index (κ1) is 26.0. The van der Waals surface area contributed by atoms with Crippen LogP contribution in [-0.4, -0.2) is 35.9 Å². The molecule has 0 fully saturated rings. The van der Waals surface area contributed by atoms with Crippen LogP contribution in [0.15, 0.2) is 84.9 Å². The average Bonchev–Trinajstić information content (AvgIpc) is 2.90. The fourth-order valence-electron chi connectivity index (χ4n) is 4.11. The van der Waals surface area contributed by atoms with E-state index in [4.69, 9.17) is 4.74 Å². The lowest BCUT2D eigenvalue weighted by Crippen LogP contribution is -2.49. The Morgan fingerprint density at radius 3 is 2.03 bits per heavy atom. The Kier molecular flexibility index (Phi) is 9.47. The summed E-state index contributed by atoms with van der Waals surface area (Å²) in [6.07, 6.45) is 1.09. The van der Waals surface area contributed by atoms with Crippen LogP contribution in [0, 0.1) is 0 Å². The molecule has 5 heteroatoms. The minimum atomic E-state index is -0.616. The zero-order chi connectivity index (χ0) is 25.2. The number of rotatable bonds is 11. The van der Waals surface area contributed by atoms with Gasteiger partial charge in [0.1, 0.15) is 11.8 Å². The molecule has 0 heterocycles. The fraction of sp³-hybridized carbons (Fsp3) is 0.333. The quantitative estimate of drug-likeness (QED) is 0.398. The normalized spacial score (nSPS) is 12.6. The van der Waals surface area contributed by atoms with Gasteiger partial charge in [-0.15, -0.1) is 0 Å². The van der Waals surface area contributed by atoms with E-state index < -0.39 is 6.04 Å². The minimum Gasteiger partial charge on any atom is -0.497 e. The number of nitrogens with one attached hydrogen (secondary N) is 1. The highest BCUT2D eigenvalue weighted by Gasteiger charge is 2.29. The lowest BCUT2D eigenvalue weighted by Gasteiger charge is -2.31. The van der Waals surface area contributed by atoms with E-state index in [2.05, 4.69) is 29.6 Å². The molecule has 0 aliphatic carbocycles. The molecule has 0 saturated heterocycles. The van der Waals surface area contributed by atoms with Crippen LogP contribution in [0.2, 0.25) is 0 Å². The standard InChI is InChI=1S/C30H36N2O3/c1-5-22(2)31-30(34)23(3)32(21-24-13-12-18-27(19-24)35-4)29(33)20-28(25-14-8-6-9-15-25)26-16-10-7-11-17-26/h6-19,22-23,28H,5,20-21H2,1-4H3,(H,31,34)/t22-,23+/m1/s1. The predicted molar refractivity (Wildman–Crippen MR) is 140 cm³/mol. The maximum atomic E-state index is 13.9. The van der Waals surface area contributed by atoms with Gasteiger partial charge in [0.2, 0.25) is 11.8 Å². The highest BCUT2D eigenvalue weighted by atomic mass is 16.5. The van der Waals surface area contributed by atoms with Crippen LogP contribution in [-0.2, 0) is 16.1 Å². The van der Waals surface area contributed by atoms with Crippen LogP contribution in [0.1, 0.15) is 56.2 Å². The van der Waals surface area contributed by atoms with Crippen molar-refractivity contribution in [3.63, 3.8) is 0 Å². The van der Waals surface area contributed by atoms with Gasteiger partial charge in [0, 0.05) is 24.9 Å². The Labute approximate surface area is 209 Å². The molecule has 0 bridgehead atoms. The molecule has 0 saturated carbocycles. The second-order valence-corrected chi connectivity index (χ2v) is 8.95. The lowest BCUT2D eigenvalue weighted by molar-refractivity contribution is -0.141. The molecule has 1 N–H and O–H groups in total. The molecule has 5 nitrogen and oxygen atoms in total. The molecule has 3 aromatic rings. The highest BCUT2D eigenvalue weighted by molar-refractivity contribution is 5.88. The maximum Gasteiger partial charge on any atom is 0.242 e. The largest absolute Gasteiger partial charge is 0.497 e. The van der Waals surface area contributed by atoms with Crippen LogP contribution >= 0.6 is 0 Å². The molecular weight excluding hydrogens is 436 g/mol. The van der Waals surface area contributed by atoms with Gasteiger partial charge in [-0.2, -0.15) is 0 Å². The van der Waals surface area contributed by atoms with Crippen molar-refractivity contribution in [2.75, 3.05) is 7.11 Å². The highest BCUT2D eigenvalue weighted by Crippen LogP contribution is 2.29. The second kappa shape index (κ2) is 12.7. The monoisotopic (exact) mass is 472 g/mol. The van der Waals surface area contributed by atoms with Crippen molar-refractivity contribution in [3.05, 3.63) is 102 Å². The summed E-state index contributed by atoms with van der Waals surface area (Å²) < 4.78 is 5.37. The van der Waals surface area contributed by atoms with E-state index in [1.807, 2.05) is 74.5 Å². The Balaban J connectivity index is 1.92. The summed E-state index contributed by atoms with van der Waals surface area (Å²) in [5.41, 5.74) is 3.06. The third-order valence-electron chi connectivity index (χ3n) is 6.44. The summed E-state index contributed by atoms with van der Waals surface area (Å²) in [5.74, 6) is 0.393. The van der Waals surface area contributed by atoms with Crippen molar-refractivity contribution in [3.8, 4) is 5.75 Å². The second-order valence-electron chi connectivity index (χ2n) is 8.95. The van der Waals surface area contributed by atoms with Gasteiger partial charge in [0.05, 0.1) is 7.11 Å². The average molecular weight is 473 g/mol. The summed E-state index contributed by atoms with van der Waals surface area (Å²) in [6.45, 7) is 6.12. The summed E-state index contributed by atoms with van der Waals surface area (Å²) in [4.78, 5) is 28.6. The van der Waals surface area contributed by atoms with Gasteiger partial charge in [0.15, 0.2) is 0 Å². The number of carbonyl (C=O) groups is 2. The van der Waals surface area contributed by atoms with Crippen molar-refractivity contribution in [1.29, 1.82) is 0 Å². The SMILES string of the molecule is CC[C@@H](C)NC(=O)[C@H](C)N(Cc1cccc(OC)c1)C(=O)CC(c1ccccc1)c1ccccc1. The van der Waals surface area contributed by atoms with E-state index in [1.165, 1.54) is 0 Å². The summed E-state index contributed by atoms with van der Waals surface area (Å²) in [6, 6.07) is 27.2. The van der Waals surface area contributed by atoms with Crippen LogP contribution in [0.25, 0.3) is 0 Å². The van der Waals surface area contributed by atoms with Crippen LogP contribution in [0.5, 0.6) is 5.75 Å². The van der Waals surface area contributed by atoms with E-state index in [-0.39, 0.29) is 30.2 Å². The lowest BCUT2D eigenvalue weighted by atomic mass is 9.88. The molecule has 0 aliphatic rings. The van der Waals surface area contributed by atoms with Gasteiger partial charge in [-0.1, -0.05) is 79.7 Å². The minimum absolute atomic E-state index is 0.0418. The number of nitrogens with zero attached hydrogens (tertiary/aromatic N) is 1. The zero-order valence-electron chi connectivity index (χ0n) is 21.1. The molecule has 2 amide bonds. The Hall–Kier alpha value is -3.60. The smallest absolute Gasteiger partial charge is 0.242 e. The predicted octanol–water partition coefficient (Wildman–Crippen LogP) is 5.55. The van der Waals surface area contributed by atoms with E-state index in [0.717, 1.165) is 28.9 Å². The first-order chi connectivity index (χ1) is 16.9. The van der Waals surface area contributed by atoms with E-state index in [9.17, 15) is 9.59 Å². The summed E-state index contributed by atoms with van der Waals surface area (Å²) in [5, 5.41) is 3.03. The maximum absolute atomic E-state index is 13.9. The number of hydrogen-bond donors (Lipinski definition) is 1. The number of carbonyl (C=O) groups excluding carboxylic acids is 2. The van der Waals surface area contributed by atoms with Gasteiger partial charge in [-0.3, -0.25) is 9.59 Å². The molecule has 184 valence electrons. The number of methoxy groups -OCH3 is 1. The van der Waals surface area contributed by atoms with Gasteiger partial charge in [-0.25, -0.2) is 0 Å². The van der Waals surface area contributed by atoms with Crippen molar-refractivity contribution in [2.45, 2.75) is 58.2 Å². The molecule has 35 heavy (non-hydrogen) atoms. The van der Waals surface area contributed by atoms with Crippen molar-refractivity contribution in [2.24, 2.45) is 0 Å². The van der Waals surface area contributed by atoms with E-state index in [1.54, 1.807) is 18.9 Å². The molecular formula is C30H36N2O3. The topological polar surface area (TPSA) is 58.6 Å². The summed E-state index contributed by atoms with van der Waals surface area (Å²) >= 11 is 0. The van der Waals surface area contributed by atoms with Crippen LogP contribution < -0.4 is 10.1 Å². The number of benzene rings is 3. The third kappa shape index (κ3) is 7.19. The molecule has 0 radical (unpaired) electrons. The molecule has 0 aliphatic heterocycles. The molecule has 0 unspecified atom stereocenters. The summed E-state index contributed by atoms with van der Waals surface area (Å²) in [7, 11) is 1.62. The molecule has 3 aromatic carbocycles. The number of hydrogen-bond acceptors (Lipinski definition) is 3. The first-order valence-electron chi connectivity index (χ1n) is 12.3. The third-order valence-corrected chi connectivity index (χ3v) is 6.44. The fourth-order valence-corrected chi connectivity index (χ4v) is 4.11. The van der Waals surface area contributed by atoms with Crippen molar-refractivity contribution >= 4 is 11.8 Å². The Morgan fingerprint density at radius 1 is 0.886 bits per heavy atom. The van der Waals surface area contributed by atoms with Crippen LogP contribution in [0.3, 0.4) is 0 Å². The van der Waals surface area contributed by atoms with Gasteiger partial charge >= 0.3 is 0 Å². The van der Waals surface area contributed by atoms with Gasteiger partial charge in [-0.05, 0) is 49.1 Å². The first-order valence-corrected chi connectivity index (χ1v) is 12.3. The zero-order valence-corrected chi connectivity index (χ0v) is 21.1. The Morgan fingerprint density at radius 2 is 1.49 bits per heavy atom. The van der Waals surface area contributed by atoms with E-state index >= 15 is 0 Å². The van der Waals surface area contributed by atoms with Gasteiger partial charge < -0.3 is 15.0 Å². The van der Waals surface area contributed by atoms with Crippen LogP contribution in [0.4, 0.5) is 0 Å². The van der Waals surface area contributed by atoms with Crippen molar-refractivity contribution < 1.29 is 14.3 Å².